The highest BCUT2D eigenvalue weighted by Gasteiger charge is 2.50. The number of non-ortho nitro benzene ring substituents is 1. The Kier molecular flexibility index (Phi) is 12.3. The molecule has 10 nitrogen and oxygen atoms in total. The normalized spacial score (nSPS) is 11.9. The van der Waals surface area contributed by atoms with Crippen molar-refractivity contribution in [3.8, 4) is 11.1 Å². The third-order valence-corrected chi connectivity index (χ3v) is 8.64. The average molecular weight is 613 g/mol. The van der Waals surface area contributed by atoms with Gasteiger partial charge in [0.05, 0.1) is 27.4 Å². The first-order chi connectivity index (χ1) is 20.3. The third kappa shape index (κ3) is 9.36. The number of carbonyl (C=O) groups is 1. The number of benzene rings is 2. The SMILES string of the molecule is Cc1nc(C)c([P+](O)(OCC(C)C)OCC(C)C)c(-c2cccc([N+](=O)[O-])c2)c1C(=O)OCCN(C)Cc1ccccc1. The van der Waals surface area contributed by atoms with Gasteiger partial charge in [0.15, 0.2) is 0 Å². The van der Waals surface area contributed by atoms with E-state index in [1.54, 1.807) is 19.9 Å². The second-order valence-electron chi connectivity index (χ2n) is 11.4. The number of nitro benzene ring substituents is 1. The summed E-state index contributed by atoms with van der Waals surface area (Å²) in [7, 11) is -1.88. The molecule has 0 amide bonds. The zero-order chi connectivity index (χ0) is 31.7. The van der Waals surface area contributed by atoms with Crippen LogP contribution in [0.2, 0.25) is 0 Å². The molecule has 0 atom stereocenters. The third-order valence-electron chi connectivity index (χ3n) is 6.53. The Balaban J connectivity index is 2.09. The Bertz CT molecular complexity index is 1390. The van der Waals surface area contributed by atoms with Crippen LogP contribution in [-0.4, -0.2) is 59.1 Å². The molecule has 0 aliphatic heterocycles. The van der Waals surface area contributed by atoms with Gasteiger partial charge in [0.2, 0.25) is 5.30 Å². The van der Waals surface area contributed by atoms with E-state index in [1.165, 1.54) is 18.2 Å². The zero-order valence-corrected chi connectivity index (χ0v) is 27.0. The Morgan fingerprint density at radius 1 is 1.00 bits per heavy atom. The van der Waals surface area contributed by atoms with Gasteiger partial charge in [-0.3, -0.25) is 20.0 Å². The molecule has 0 spiro atoms. The van der Waals surface area contributed by atoms with Crippen LogP contribution >= 0.6 is 7.94 Å². The molecule has 1 N–H and O–H groups in total. The van der Waals surface area contributed by atoms with Crippen molar-refractivity contribution >= 4 is 24.9 Å². The summed E-state index contributed by atoms with van der Waals surface area (Å²) in [5.41, 5.74) is 2.46. The van der Waals surface area contributed by atoms with Crippen molar-refractivity contribution in [3.63, 3.8) is 0 Å². The number of aromatic nitrogens is 1. The summed E-state index contributed by atoms with van der Waals surface area (Å²) in [6.45, 7) is 12.8. The molecule has 0 aliphatic carbocycles. The van der Waals surface area contributed by atoms with E-state index < -0.39 is 18.8 Å². The molecule has 232 valence electrons. The number of esters is 1. The minimum atomic E-state index is -3.82. The van der Waals surface area contributed by atoms with Gasteiger partial charge in [0, 0.05) is 25.2 Å². The lowest BCUT2D eigenvalue weighted by Gasteiger charge is -2.24. The smallest absolute Gasteiger partial charge is 0.448 e. The van der Waals surface area contributed by atoms with Gasteiger partial charge >= 0.3 is 13.9 Å². The van der Waals surface area contributed by atoms with Crippen LogP contribution in [0, 0.1) is 35.8 Å². The molecule has 3 rings (SSSR count). The highest BCUT2D eigenvalue weighted by atomic mass is 31.2. The Morgan fingerprint density at radius 3 is 2.21 bits per heavy atom. The van der Waals surface area contributed by atoms with Crippen molar-refractivity contribution < 1.29 is 28.4 Å². The minimum absolute atomic E-state index is 0.0754. The van der Waals surface area contributed by atoms with Gasteiger partial charge in [-0.05, 0) is 43.9 Å². The molecule has 2 aromatic carbocycles. The number of pyridine rings is 1. The molecule has 1 aromatic heterocycles. The Hall–Kier alpha value is -3.27. The number of hydrogen-bond donors (Lipinski definition) is 1. The molecule has 0 bridgehead atoms. The topological polar surface area (TPSA) is 124 Å². The summed E-state index contributed by atoms with van der Waals surface area (Å²) in [5.74, 6) is -0.502. The monoisotopic (exact) mass is 612 g/mol. The Morgan fingerprint density at radius 2 is 1.63 bits per heavy atom. The van der Waals surface area contributed by atoms with Gasteiger partial charge in [0.1, 0.15) is 19.8 Å². The first-order valence-electron chi connectivity index (χ1n) is 14.4. The van der Waals surface area contributed by atoms with Crippen molar-refractivity contribution in [1.82, 2.24) is 9.88 Å². The second-order valence-corrected chi connectivity index (χ2v) is 13.5. The lowest BCUT2D eigenvalue weighted by Crippen LogP contribution is -2.29. The van der Waals surface area contributed by atoms with Gasteiger partial charge in [0.25, 0.3) is 5.69 Å². The van der Waals surface area contributed by atoms with E-state index in [4.69, 9.17) is 13.8 Å². The van der Waals surface area contributed by atoms with Crippen LogP contribution in [0.1, 0.15) is 55.0 Å². The fourth-order valence-corrected chi connectivity index (χ4v) is 6.81. The number of nitrogens with zero attached hydrogens (tertiary/aromatic N) is 3. The molecule has 0 unspecified atom stereocenters. The molecular weight excluding hydrogens is 569 g/mol. The first-order valence-corrected chi connectivity index (χ1v) is 16.0. The number of hydrogen-bond acceptors (Lipinski definition) is 9. The first kappa shape index (κ1) is 34.2. The summed E-state index contributed by atoms with van der Waals surface area (Å²) in [4.78, 5) is 43.8. The van der Waals surface area contributed by atoms with Gasteiger partial charge in [-0.25, -0.2) is 4.79 Å². The highest BCUT2D eigenvalue weighted by Crippen LogP contribution is 2.59. The molecule has 11 heteroatoms. The lowest BCUT2D eigenvalue weighted by atomic mass is 9.97. The number of rotatable bonds is 15. The predicted octanol–water partition coefficient (Wildman–Crippen LogP) is 6.29. The second kappa shape index (κ2) is 15.5. The van der Waals surface area contributed by atoms with E-state index >= 15 is 0 Å². The number of nitro groups is 1. The fourth-order valence-electron chi connectivity index (χ4n) is 4.50. The van der Waals surface area contributed by atoms with E-state index in [-0.39, 0.29) is 53.8 Å². The van der Waals surface area contributed by atoms with Crippen molar-refractivity contribution in [3.05, 3.63) is 87.2 Å². The molecule has 0 radical (unpaired) electrons. The van der Waals surface area contributed by atoms with Gasteiger partial charge in [-0.2, -0.15) is 13.9 Å². The van der Waals surface area contributed by atoms with Crippen molar-refractivity contribution in [1.29, 1.82) is 0 Å². The van der Waals surface area contributed by atoms with Crippen molar-refractivity contribution in [2.75, 3.05) is 33.4 Å². The van der Waals surface area contributed by atoms with Crippen LogP contribution in [0.15, 0.2) is 54.6 Å². The minimum Gasteiger partial charge on any atom is -0.461 e. The largest absolute Gasteiger partial charge is 0.461 e. The molecule has 43 heavy (non-hydrogen) atoms. The van der Waals surface area contributed by atoms with E-state index in [9.17, 15) is 19.8 Å². The lowest BCUT2D eigenvalue weighted by molar-refractivity contribution is -0.384. The van der Waals surface area contributed by atoms with E-state index in [1.807, 2.05) is 70.0 Å². The number of carbonyl (C=O) groups excluding carboxylic acids is 1. The van der Waals surface area contributed by atoms with Gasteiger partial charge in [-0.1, -0.05) is 70.2 Å². The molecule has 0 saturated heterocycles. The van der Waals surface area contributed by atoms with Crippen LogP contribution in [-0.2, 0) is 20.3 Å². The maximum Gasteiger partial charge on any atom is 0.448 e. The molecule has 3 aromatic rings. The Labute approximate surface area is 254 Å². The van der Waals surface area contributed by atoms with Gasteiger partial charge < -0.3 is 4.74 Å². The van der Waals surface area contributed by atoms with Crippen molar-refractivity contribution in [2.45, 2.75) is 48.1 Å². The summed E-state index contributed by atoms with van der Waals surface area (Å²) in [6.07, 6.45) is 0. The fraction of sp³-hybridized carbons (Fsp3) is 0.438. The number of likely N-dealkylation sites (N-methyl/N-ethyl adjacent to an activating group) is 1. The average Bonchev–Trinajstić information content (AvgIpc) is 2.95. The van der Waals surface area contributed by atoms with Crippen LogP contribution in [0.4, 0.5) is 5.69 Å². The van der Waals surface area contributed by atoms with E-state index in [2.05, 4.69) is 4.98 Å². The van der Waals surface area contributed by atoms with Crippen LogP contribution < -0.4 is 5.30 Å². The molecule has 0 aliphatic rings. The quantitative estimate of drug-likeness (QED) is 0.0913. The van der Waals surface area contributed by atoms with Crippen LogP contribution in [0.3, 0.4) is 0 Å². The zero-order valence-electron chi connectivity index (χ0n) is 26.1. The molecule has 0 fully saturated rings. The summed E-state index contributed by atoms with van der Waals surface area (Å²) in [6, 6.07) is 15.9. The molecule has 0 saturated carbocycles. The maximum absolute atomic E-state index is 13.8. The van der Waals surface area contributed by atoms with Crippen LogP contribution in [0.25, 0.3) is 11.1 Å². The molecule has 1 heterocycles. The van der Waals surface area contributed by atoms with Gasteiger partial charge in [-0.15, -0.1) is 0 Å². The standard InChI is InChI=1S/C32H43N3O7P/c1-22(2)20-41-43(39,42-21-23(3)4)31-25(6)33-24(5)29(30(31)27-14-11-15-28(18-27)35(37)38)32(36)40-17-16-34(7)19-26-12-9-8-10-13-26/h8-15,18,22-23,39H,16-17,19-21H2,1-7H3/q+1. The van der Waals surface area contributed by atoms with E-state index in [0.29, 0.717) is 30.0 Å². The molecular formula is C32H43N3O7P+. The summed E-state index contributed by atoms with van der Waals surface area (Å²) < 4.78 is 18.0. The van der Waals surface area contributed by atoms with E-state index in [0.717, 1.165) is 5.56 Å². The predicted molar refractivity (Wildman–Crippen MR) is 169 cm³/mol. The summed E-state index contributed by atoms with van der Waals surface area (Å²) >= 11 is 0. The summed E-state index contributed by atoms with van der Waals surface area (Å²) in [5, 5.41) is 11.9. The maximum atomic E-state index is 13.8. The van der Waals surface area contributed by atoms with Crippen molar-refractivity contribution in [2.24, 2.45) is 11.8 Å². The number of aryl methyl sites for hydroxylation is 2. The van der Waals surface area contributed by atoms with Crippen LogP contribution in [0.5, 0.6) is 0 Å². The number of ether oxygens (including phenoxy) is 1. The highest BCUT2D eigenvalue weighted by molar-refractivity contribution is 7.69.